The van der Waals surface area contributed by atoms with E-state index in [0.717, 1.165) is 22.9 Å². The van der Waals surface area contributed by atoms with Crippen molar-refractivity contribution in [3.63, 3.8) is 0 Å². The van der Waals surface area contributed by atoms with E-state index in [1.165, 1.54) is 29.5 Å². The van der Waals surface area contributed by atoms with Crippen LogP contribution in [0, 0.1) is 18.6 Å². The van der Waals surface area contributed by atoms with Crippen LogP contribution in [0.2, 0.25) is 0 Å². The molecule has 0 saturated heterocycles. The number of aryl methyl sites for hydroxylation is 1. The van der Waals surface area contributed by atoms with Crippen LogP contribution in [0.4, 0.5) is 8.78 Å². The van der Waals surface area contributed by atoms with Gasteiger partial charge in [-0.2, -0.15) is 0 Å². The summed E-state index contributed by atoms with van der Waals surface area (Å²) in [5.74, 6) is -1.09. The smallest absolute Gasteiger partial charge is 0.140 e. The second kappa shape index (κ2) is 6.17. The van der Waals surface area contributed by atoms with Crippen LogP contribution in [0.1, 0.15) is 11.1 Å². The average Bonchev–Trinajstić information content (AvgIpc) is 2.36. The van der Waals surface area contributed by atoms with Crippen LogP contribution in [-0.4, -0.2) is 6.54 Å². The summed E-state index contributed by atoms with van der Waals surface area (Å²) in [6, 6.07) is 9.63. The third-order valence-electron chi connectivity index (χ3n) is 2.79. The molecule has 2 aromatic carbocycles. The van der Waals surface area contributed by atoms with Gasteiger partial charge in [0.2, 0.25) is 0 Å². The van der Waals surface area contributed by atoms with Crippen molar-refractivity contribution in [2.24, 2.45) is 5.73 Å². The largest absolute Gasteiger partial charge is 0.330 e. The molecule has 0 heterocycles. The summed E-state index contributed by atoms with van der Waals surface area (Å²) in [6.45, 7) is 2.59. The van der Waals surface area contributed by atoms with E-state index in [9.17, 15) is 8.78 Å². The molecule has 0 aliphatic carbocycles. The van der Waals surface area contributed by atoms with Crippen LogP contribution in [0.25, 0.3) is 0 Å². The molecule has 0 saturated carbocycles. The summed E-state index contributed by atoms with van der Waals surface area (Å²) in [7, 11) is 0. The monoisotopic (exact) mass is 279 g/mol. The summed E-state index contributed by atoms with van der Waals surface area (Å²) in [5, 5.41) is 0. The fraction of sp³-hybridized carbons (Fsp3) is 0.200. The lowest BCUT2D eigenvalue weighted by Crippen LogP contribution is -2.02. The molecule has 0 spiro atoms. The lowest BCUT2D eigenvalue weighted by molar-refractivity contribution is 0.565. The van der Waals surface area contributed by atoms with Gasteiger partial charge in [0.15, 0.2) is 0 Å². The first-order valence-electron chi connectivity index (χ1n) is 6.02. The Morgan fingerprint density at radius 2 is 1.79 bits per heavy atom. The van der Waals surface area contributed by atoms with Crippen molar-refractivity contribution in [3.05, 3.63) is 59.2 Å². The van der Waals surface area contributed by atoms with E-state index in [2.05, 4.69) is 6.07 Å². The van der Waals surface area contributed by atoms with Gasteiger partial charge in [0.25, 0.3) is 0 Å². The van der Waals surface area contributed by atoms with Gasteiger partial charge in [0, 0.05) is 15.9 Å². The Bertz CT molecular complexity index is 584. The van der Waals surface area contributed by atoms with Crippen LogP contribution >= 0.6 is 11.8 Å². The summed E-state index contributed by atoms with van der Waals surface area (Å²) >= 11 is 1.30. The van der Waals surface area contributed by atoms with Gasteiger partial charge in [0.1, 0.15) is 11.6 Å². The molecule has 4 heteroatoms. The molecule has 100 valence electrons. The SMILES string of the molecule is Cc1cc(CCN)ccc1Sc1ccc(F)cc1F. The van der Waals surface area contributed by atoms with E-state index in [0.29, 0.717) is 11.4 Å². The van der Waals surface area contributed by atoms with E-state index in [1.807, 2.05) is 19.1 Å². The van der Waals surface area contributed by atoms with Crippen molar-refractivity contribution in [3.8, 4) is 0 Å². The molecule has 0 aromatic heterocycles. The lowest BCUT2D eigenvalue weighted by atomic mass is 10.1. The first-order chi connectivity index (χ1) is 9.10. The number of halogens is 2. The van der Waals surface area contributed by atoms with Gasteiger partial charge in [-0.3, -0.25) is 0 Å². The first kappa shape index (κ1) is 14.0. The second-order valence-corrected chi connectivity index (χ2v) is 5.40. The molecule has 1 nitrogen and oxygen atoms in total. The van der Waals surface area contributed by atoms with Crippen LogP contribution in [0.15, 0.2) is 46.2 Å². The highest BCUT2D eigenvalue weighted by atomic mass is 32.2. The van der Waals surface area contributed by atoms with Gasteiger partial charge in [-0.1, -0.05) is 23.9 Å². The average molecular weight is 279 g/mol. The van der Waals surface area contributed by atoms with Crippen LogP contribution in [0.3, 0.4) is 0 Å². The lowest BCUT2D eigenvalue weighted by Gasteiger charge is -2.08. The highest BCUT2D eigenvalue weighted by Gasteiger charge is 2.08. The zero-order valence-corrected chi connectivity index (χ0v) is 11.4. The minimum absolute atomic E-state index is 0.427. The summed E-state index contributed by atoms with van der Waals surface area (Å²) in [4.78, 5) is 1.39. The number of nitrogens with two attached hydrogens (primary N) is 1. The molecule has 0 bridgehead atoms. The fourth-order valence-electron chi connectivity index (χ4n) is 1.82. The number of rotatable bonds is 4. The molecule has 0 unspecified atom stereocenters. The predicted octanol–water partition coefficient (Wildman–Crippen LogP) is 3.93. The summed E-state index contributed by atoms with van der Waals surface area (Å²) in [5.41, 5.74) is 7.76. The third-order valence-corrected chi connectivity index (χ3v) is 4.02. The highest BCUT2D eigenvalue weighted by molar-refractivity contribution is 7.99. The Labute approximate surface area is 115 Å². The fourth-order valence-corrected chi connectivity index (χ4v) is 2.71. The predicted molar refractivity (Wildman–Crippen MR) is 74.4 cm³/mol. The molecular formula is C15H15F2NS. The molecule has 19 heavy (non-hydrogen) atoms. The van der Waals surface area contributed by atoms with Crippen LogP contribution in [0.5, 0.6) is 0 Å². The van der Waals surface area contributed by atoms with Gasteiger partial charge in [-0.25, -0.2) is 8.78 Å². The Balaban J connectivity index is 2.23. The number of hydrogen-bond donors (Lipinski definition) is 1. The van der Waals surface area contributed by atoms with Crippen molar-refractivity contribution in [2.45, 2.75) is 23.1 Å². The topological polar surface area (TPSA) is 26.0 Å². The molecule has 2 N–H and O–H groups in total. The molecule has 0 radical (unpaired) electrons. The highest BCUT2D eigenvalue weighted by Crippen LogP contribution is 2.32. The van der Waals surface area contributed by atoms with E-state index in [-0.39, 0.29) is 0 Å². The Morgan fingerprint density at radius 3 is 2.42 bits per heavy atom. The van der Waals surface area contributed by atoms with Crippen LogP contribution in [-0.2, 0) is 6.42 Å². The number of hydrogen-bond acceptors (Lipinski definition) is 2. The minimum atomic E-state index is -0.558. The molecular weight excluding hydrogens is 264 g/mol. The molecule has 0 aliphatic rings. The zero-order chi connectivity index (χ0) is 13.8. The van der Waals surface area contributed by atoms with E-state index in [1.54, 1.807) is 0 Å². The molecule has 0 fully saturated rings. The van der Waals surface area contributed by atoms with Crippen molar-refractivity contribution in [2.75, 3.05) is 6.54 Å². The molecule has 0 amide bonds. The summed E-state index contributed by atoms with van der Waals surface area (Å²) < 4.78 is 26.4. The zero-order valence-electron chi connectivity index (χ0n) is 10.6. The van der Waals surface area contributed by atoms with Crippen molar-refractivity contribution >= 4 is 11.8 Å². The summed E-state index contributed by atoms with van der Waals surface area (Å²) in [6.07, 6.45) is 0.830. The van der Waals surface area contributed by atoms with E-state index < -0.39 is 11.6 Å². The first-order valence-corrected chi connectivity index (χ1v) is 6.84. The third kappa shape index (κ3) is 3.55. The van der Waals surface area contributed by atoms with Gasteiger partial charge in [-0.05, 0) is 49.2 Å². The maximum absolute atomic E-state index is 13.6. The second-order valence-electron chi connectivity index (χ2n) is 4.32. The normalized spacial score (nSPS) is 10.7. The van der Waals surface area contributed by atoms with E-state index >= 15 is 0 Å². The Morgan fingerprint density at radius 1 is 1.05 bits per heavy atom. The maximum Gasteiger partial charge on any atom is 0.140 e. The molecule has 0 atom stereocenters. The van der Waals surface area contributed by atoms with Crippen molar-refractivity contribution < 1.29 is 8.78 Å². The standard InChI is InChI=1S/C15H15F2NS/c1-10-8-11(6-7-18)2-4-14(10)19-15-5-3-12(16)9-13(15)17/h2-5,8-9H,6-7,18H2,1H3. The van der Waals surface area contributed by atoms with Gasteiger partial charge in [-0.15, -0.1) is 0 Å². The molecule has 0 aliphatic heterocycles. The van der Waals surface area contributed by atoms with Gasteiger partial charge >= 0.3 is 0 Å². The van der Waals surface area contributed by atoms with Gasteiger partial charge in [0.05, 0.1) is 0 Å². The van der Waals surface area contributed by atoms with Crippen molar-refractivity contribution in [1.29, 1.82) is 0 Å². The minimum Gasteiger partial charge on any atom is -0.330 e. The Hall–Kier alpha value is -1.39. The van der Waals surface area contributed by atoms with Crippen LogP contribution < -0.4 is 5.73 Å². The van der Waals surface area contributed by atoms with E-state index in [4.69, 9.17) is 5.73 Å². The maximum atomic E-state index is 13.6. The molecule has 2 aromatic rings. The molecule has 2 rings (SSSR count). The Kier molecular flexibility index (Phi) is 4.56. The van der Waals surface area contributed by atoms with Crippen molar-refractivity contribution in [1.82, 2.24) is 0 Å². The van der Waals surface area contributed by atoms with Gasteiger partial charge < -0.3 is 5.73 Å². The quantitative estimate of drug-likeness (QED) is 0.917. The number of benzene rings is 2.